The Bertz CT molecular complexity index is 512. The fraction of sp³-hybridized carbons (Fsp3) is 0.429. The molecular weight excluding hydrogens is 242 g/mol. The second-order valence-corrected chi connectivity index (χ2v) is 6.50. The van der Waals surface area contributed by atoms with Crippen molar-refractivity contribution in [2.24, 2.45) is 5.73 Å². The maximum Gasteiger partial charge on any atom is 0.0991 e. The lowest BCUT2D eigenvalue weighted by Crippen LogP contribution is -2.15. The standard InChI is InChI=1S/C14H19N3S/c1-14(2,3)13-11(9-15)18-12(17-13)8-10-6-4-5-7-16-10/h4-7H,8-9,15H2,1-3H3. The monoisotopic (exact) mass is 261 g/mol. The van der Waals surface area contributed by atoms with Crippen molar-refractivity contribution in [1.82, 2.24) is 9.97 Å². The van der Waals surface area contributed by atoms with Crippen LogP contribution in [0.5, 0.6) is 0 Å². The van der Waals surface area contributed by atoms with Crippen LogP contribution in [0, 0.1) is 0 Å². The zero-order valence-corrected chi connectivity index (χ0v) is 11.9. The van der Waals surface area contributed by atoms with Crippen molar-refractivity contribution in [3.8, 4) is 0 Å². The Morgan fingerprint density at radius 1 is 1.28 bits per heavy atom. The summed E-state index contributed by atoms with van der Waals surface area (Å²) in [7, 11) is 0. The summed E-state index contributed by atoms with van der Waals surface area (Å²) in [6.45, 7) is 7.08. The molecule has 2 rings (SSSR count). The van der Waals surface area contributed by atoms with Crippen molar-refractivity contribution >= 4 is 11.3 Å². The highest BCUT2D eigenvalue weighted by Gasteiger charge is 2.22. The van der Waals surface area contributed by atoms with Gasteiger partial charge in [0.15, 0.2) is 0 Å². The van der Waals surface area contributed by atoms with Crippen LogP contribution < -0.4 is 5.73 Å². The molecule has 0 aliphatic heterocycles. The molecule has 0 spiro atoms. The number of hydrogen-bond donors (Lipinski definition) is 1. The normalized spacial score (nSPS) is 11.8. The Balaban J connectivity index is 2.28. The Labute approximate surface area is 112 Å². The second kappa shape index (κ2) is 5.16. The summed E-state index contributed by atoms with van der Waals surface area (Å²) in [6, 6.07) is 5.96. The minimum Gasteiger partial charge on any atom is -0.326 e. The zero-order chi connectivity index (χ0) is 13.2. The van der Waals surface area contributed by atoms with Gasteiger partial charge in [-0.1, -0.05) is 26.8 Å². The molecule has 0 atom stereocenters. The molecular formula is C14H19N3S. The maximum atomic E-state index is 5.81. The molecule has 0 amide bonds. The SMILES string of the molecule is CC(C)(C)c1nc(Cc2ccccn2)sc1CN. The third-order valence-corrected chi connectivity index (χ3v) is 3.77. The van der Waals surface area contributed by atoms with E-state index in [9.17, 15) is 0 Å². The van der Waals surface area contributed by atoms with Crippen LogP contribution in [0.4, 0.5) is 0 Å². The van der Waals surface area contributed by atoms with Crippen molar-refractivity contribution in [3.63, 3.8) is 0 Å². The van der Waals surface area contributed by atoms with Crippen molar-refractivity contribution in [1.29, 1.82) is 0 Å². The Kier molecular flexibility index (Phi) is 3.78. The quantitative estimate of drug-likeness (QED) is 0.924. The van der Waals surface area contributed by atoms with Crippen LogP contribution >= 0.6 is 11.3 Å². The van der Waals surface area contributed by atoms with E-state index in [-0.39, 0.29) is 5.41 Å². The van der Waals surface area contributed by atoms with E-state index in [0.717, 1.165) is 22.8 Å². The summed E-state index contributed by atoms with van der Waals surface area (Å²) in [6.07, 6.45) is 2.60. The van der Waals surface area contributed by atoms with E-state index in [4.69, 9.17) is 10.7 Å². The highest BCUT2D eigenvalue weighted by molar-refractivity contribution is 7.11. The molecule has 2 aromatic rings. The number of aromatic nitrogens is 2. The van der Waals surface area contributed by atoms with Gasteiger partial charge < -0.3 is 5.73 Å². The van der Waals surface area contributed by atoms with Crippen molar-refractivity contribution < 1.29 is 0 Å². The fourth-order valence-corrected chi connectivity index (χ4v) is 3.03. The first-order chi connectivity index (χ1) is 8.50. The molecule has 3 nitrogen and oxygen atoms in total. The predicted molar refractivity (Wildman–Crippen MR) is 75.7 cm³/mol. The first-order valence-corrected chi connectivity index (χ1v) is 6.91. The topological polar surface area (TPSA) is 51.8 Å². The van der Waals surface area contributed by atoms with Crippen molar-refractivity contribution in [2.75, 3.05) is 0 Å². The second-order valence-electron chi connectivity index (χ2n) is 5.33. The number of nitrogens with two attached hydrogens (primary N) is 1. The lowest BCUT2D eigenvalue weighted by atomic mass is 9.91. The molecule has 4 heteroatoms. The van der Waals surface area contributed by atoms with Gasteiger partial charge in [-0.3, -0.25) is 4.98 Å². The molecule has 0 saturated carbocycles. The molecule has 0 aliphatic carbocycles. The van der Waals surface area contributed by atoms with Gasteiger partial charge in [0, 0.05) is 35.1 Å². The van der Waals surface area contributed by atoms with Crippen LogP contribution in [0.1, 0.15) is 42.0 Å². The van der Waals surface area contributed by atoms with Gasteiger partial charge in [-0.05, 0) is 12.1 Å². The molecule has 18 heavy (non-hydrogen) atoms. The average Bonchev–Trinajstić information content (AvgIpc) is 2.73. The fourth-order valence-electron chi connectivity index (χ4n) is 1.86. The average molecular weight is 261 g/mol. The van der Waals surface area contributed by atoms with Crippen molar-refractivity contribution in [2.45, 2.75) is 39.2 Å². The minimum absolute atomic E-state index is 0.0492. The van der Waals surface area contributed by atoms with E-state index >= 15 is 0 Å². The van der Waals surface area contributed by atoms with Gasteiger partial charge in [0.05, 0.1) is 10.7 Å². The van der Waals surface area contributed by atoms with Gasteiger partial charge in [-0.2, -0.15) is 0 Å². The van der Waals surface area contributed by atoms with Gasteiger partial charge in [-0.25, -0.2) is 4.98 Å². The number of nitrogens with zero attached hydrogens (tertiary/aromatic N) is 2. The van der Waals surface area contributed by atoms with E-state index in [1.165, 1.54) is 4.88 Å². The number of rotatable bonds is 3. The van der Waals surface area contributed by atoms with Gasteiger partial charge in [0.1, 0.15) is 0 Å². The summed E-state index contributed by atoms with van der Waals surface area (Å²) in [4.78, 5) is 10.3. The highest BCUT2D eigenvalue weighted by Crippen LogP contribution is 2.30. The lowest BCUT2D eigenvalue weighted by molar-refractivity contribution is 0.564. The molecule has 0 fully saturated rings. The lowest BCUT2D eigenvalue weighted by Gasteiger charge is -2.16. The predicted octanol–water partition coefficient (Wildman–Crippen LogP) is 2.89. The first kappa shape index (κ1) is 13.2. The molecule has 0 unspecified atom stereocenters. The molecule has 2 heterocycles. The minimum atomic E-state index is 0.0492. The smallest absolute Gasteiger partial charge is 0.0991 e. The van der Waals surface area contributed by atoms with E-state index < -0.39 is 0 Å². The van der Waals surface area contributed by atoms with Crippen molar-refractivity contribution in [3.05, 3.63) is 45.7 Å². The van der Waals surface area contributed by atoms with Gasteiger partial charge in [-0.15, -0.1) is 11.3 Å². The Hall–Kier alpha value is -1.26. The largest absolute Gasteiger partial charge is 0.326 e. The third-order valence-electron chi connectivity index (χ3n) is 2.70. The van der Waals surface area contributed by atoms with Crippen LogP contribution in [0.15, 0.2) is 24.4 Å². The van der Waals surface area contributed by atoms with Gasteiger partial charge >= 0.3 is 0 Å². The van der Waals surface area contributed by atoms with Gasteiger partial charge in [0.2, 0.25) is 0 Å². The Morgan fingerprint density at radius 3 is 2.56 bits per heavy atom. The molecule has 0 bridgehead atoms. The molecule has 0 aromatic carbocycles. The number of hydrogen-bond acceptors (Lipinski definition) is 4. The maximum absolute atomic E-state index is 5.81. The molecule has 0 saturated heterocycles. The van der Waals surface area contributed by atoms with Crippen LogP contribution in [0.2, 0.25) is 0 Å². The Morgan fingerprint density at radius 2 is 2.06 bits per heavy atom. The van der Waals surface area contributed by atoms with Crippen LogP contribution in [-0.2, 0) is 18.4 Å². The van der Waals surface area contributed by atoms with Crippen LogP contribution in [0.25, 0.3) is 0 Å². The third kappa shape index (κ3) is 2.94. The summed E-state index contributed by atoms with van der Waals surface area (Å²) in [5.41, 5.74) is 8.04. The van der Waals surface area contributed by atoms with Crippen LogP contribution in [-0.4, -0.2) is 9.97 Å². The van der Waals surface area contributed by atoms with E-state index in [2.05, 4.69) is 25.8 Å². The molecule has 96 valence electrons. The first-order valence-electron chi connectivity index (χ1n) is 6.09. The summed E-state index contributed by atoms with van der Waals surface area (Å²) in [5.74, 6) is 0. The van der Waals surface area contributed by atoms with Gasteiger partial charge in [0.25, 0.3) is 0 Å². The van der Waals surface area contributed by atoms with E-state index in [1.54, 1.807) is 11.3 Å². The summed E-state index contributed by atoms with van der Waals surface area (Å²) >= 11 is 1.71. The molecule has 0 aliphatic rings. The van der Waals surface area contributed by atoms with E-state index in [0.29, 0.717) is 6.54 Å². The zero-order valence-electron chi connectivity index (χ0n) is 11.1. The number of pyridine rings is 1. The summed E-state index contributed by atoms with van der Waals surface area (Å²) < 4.78 is 0. The molecule has 2 N–H and O–H groups in total. The number of thiazole rings is 1. The van der Waals surface area contributed by atoms with E-state index in [1.807, 2.05) is 24.4 Å². The van der Waals surface area contributed by atoms with Crippen LogP contribution in [0.3, 0.4) is 0 Å². The molecule has 0 radical (unpaired) electrons. The highest BCUT2D eigenvalue weighted by atomic mass is 32.1. The molecule has 2 aromatic heterocycles. The summed E-state index contributed by atoms with van der Waals surface area (Å²) in [5, 5.41) is 1.10.